The smallest absolute Gasteiger partial charge is 0.257 e. The number of carbonyl (C=O) groups excluding carboxylic acids is 1. The van der Waals surface area contributed by atoms with Crippen LogP contribution >= 0.6 is 12.2 Å². The fourth-order valence-corrected chi connectivity index (χ4v) is 4.21. The van der Waals surface area contributed by atoms with E-state index in [0.717, 1.165) is 19.4 Å². The number of benzene rings is 1. The van der Waals surface area contributed by atoms with Crippen LogP contribution < -0.4 is 15.5 Å². The first-order valence-corrected chi connectivity index (χ1v) is 10.7. The number of nitrogens with one attached hydrogen (secondary N) is 3. The summed E-state index contributed by atoms with van der Waals surface area (Å²) in [7, 11) is 1.46. The van der Waals surface area contributed by atoms with E-state index < -0.39 is 6.04 Å². The van der Waals surface area contributed by atoms with Crippen molar-refractivity contribution in [2.24, 2.45) is 0 Å². The SMILES string of the molecule is COC(=S)NC(c1ccc(N2CCN(C(=O)[C@@H]3CCCN3)CC2)c(F)c1)c1cn[nH]n1. The molecule has 1 amide bonds. The summed E-state index contributed by atoms with van der Waals surface area (Å²) in [5, 5.41) is 16.9. The second-order valence-electron chi connectivity index (χ2n) is 7.64. The van der Waals surface area contributed by atoms with Crippen molar-refractivity contribution in [2.45, 2.75) is 24.9 Å². The van der Waals surface area contributed by atoms with Gasteiger partial charge in [-0.25, -0.2) is 4.39 Å². The van der Waals surface area contributed by atoms with Gasteiger partial charge in [-0.15, -0.1) is 0 Å². The highest BCUT2D eigenvalue weighted by molar-refractivity contribution is 7.80. The van der Waals surface area contributed by atoms with Crippen LogP contribution in [-0.2, 0) is 9.53 Å². The van der Waals surface area contributed by atoms with E-state index in [9.17, 15) is 4.79 Å². The van der Waals surface area contributed by atoms with Crippen molar-refractivity contribution < 1.29 is 13.9 Å². The predicted molar refractivity (Wildman–Crippen MR) is 117 cm³/mol. The molecule has 2 fully saturated rings. The molecule has 0 radical (unpaired) electrons. The molecule has 2 aliphatic heterocycles. The first kappa shape index (κ1) is 21.4. The minimum atomic E-state index is -0.497. The van der Waals surface area contributed by atoms with Crippen molar-refractivity contribution in [3.63, 3.8) is 0 Å². The van der Waals surface area contributed by atoms with E-state index >= 15 is 4.39 Å². The lowest BCUT2D eigenvalue weighted by Gasteiger charge is -2.37. The molecule has 0 saturated carbocycles. The third kappa shape index (κ3) is 4.77. The molecular formula is C20H26FN7O2S. The maximum absolute atomic E-state index is 15.1. The van der Waals surface area contributed by atoms with Gasteiger partial charge in [0.1, 0.15) is 17.6 Å². The molecule has 2 aromatic rings. The minimum absolute atomic E-state index is 0.0679. The zero-order valence-electron chi connectivity index (χ0n) is 17.3. The van der Waals surface area contributed by atoms with Gasteiger partial charge in [0, 0.05) is 26.2 Å². The summed E-state index contributed by atoms with van der Waals surface area (Å²) >= 11 is 5.11. The van der Waals surface area contributed by atoms with Crippen LogP contribution in [0.4, 0.5) is 10.1 Å². The van der Waals surface area contributed by atoms with Gasteiger partial charge in [-0.2, -0.15) is 15.4 Å². The molecule has 4 rings (SSSR count). The average Bonchev–Trinajstić information content (AvgIpc) is 3.51. The van der Waals surface area contributed by atoms with Crippen molar-refractivity contribution in [3.8, 4) is 0 Å². The van der Waals surface area contributed by atoms with E-state index in [1.165, 1.54) is 13.2 Å². The van der Waals surface area contributed by atoms with E-state index in [1.54, 1.807) is 12.3 Å². The highest BCUT2D eigenvalue weighted by Gasteiger charge is 2.30. The maximum Gasteiger partial charge on any atom is 0.257 e. The molecule has 0 bridgehead atoms. The van der Waals surface area contributed by atoms with Gasteiger partial charge in [0.25, 0.3) is 5.17 Å². The first-order valence-electron chi connectivity index (χ1n) is 10.3. The summed E-state index contributed by atoms with van der Waals surface area (Å²) in [4.78, 5) is 16.4. The second kappa shape index (κ2) is 9.56. The number of nitrogens with zero attached hydrogens (tertiary/aromatic N) is 4. The van der Waals surface area contributed by atoms with Crippen LogP contribution in [0.15, 0.2) is 24.4 Å². The van der Waals surface area contributed by atoms with Gasteiger partial charge in [-0.3, -0.25) is 4.79 Å². The number of carbonyl (C=O) groups is 1. The summed E-state index contributed by atoms with van der Waals surface area (Å²) < 4.78 is 20.1. The third-order valence-corrected chi connectivity index (χ3v) is 6.06. The van der Waals surface area contributed by atoms with E-state index in [2.05, 4.69) is 26.0 Å². The van der Waals surface area contributed by atoms with Crippen LogP contribution in [0, 0.1) is 5.82 Å². The van der Waals surface area contributed by atoms with Crippen molar-refractivity contribution in [2.75, 3.05) is 44.7 Å². The number of halogens is 1. The van der Waals surface area contributed by atoms with E-state index in [4.69, 9.17) is 17.0 Å². The monoisotopic (exact) mass is 447 g/mol. The van der Waals surface area contributed by atoms with Crippen LogP contribution in [0.3, 0.4) is 0 Å². The lowest BCUT2D eigenvalue weighted by Crippen LogP contribution is -2.53. The number of amides is 1. The predicted octanol–water partition coefficient (Wildman–Crippen LogP) is 0.955. The first-order chi connectivity index (χ1) is 15.1. The van der Waals surface area contributed by atoms with Crippen LogP contribution in [0.2, 0.25) is 0 Å². The molecule has 3 heterocycles. The molecule has 2 aliphatic rings. The Hall–Kier alpha value is -2.79. The molecule has 9 nitrogen and oxygen atoms in total. The number of piperazine rings is 1. The van der Waals surface area contributed by atoms with Crippen molar-refractivity contribution in [1.29, 1.82) is 0 Å². The van der Waals surface area contributed by atoms with Crippen LogP contribution in [-0.4, -0.2) is 77.3 Å². The van der Waals surface area contributed by atoms with Gasteiger partial charge >= 0.3 is 0 Å². The lowest BCUT2D eigenvalue weighted by atomic mass is 10.0. The van der Waals surface area contributed by atoms with Gasteiger partial charge in [0.05, 0.1) is 25.0 Å². The Labute approximate surface area is 185 Å². The molecule has 0 spiro atoms. The summed E-state index contributed by atoms with van der Waals surface area (Å²) in [5.74, 6) is -0.183. The number of hydrogen-bond acceptors (Lipinski definition) is 7. The van der Waals surface area contributed by atoms with Crippen LogP contribution in [0.5, 0.6) is 0 Å². The number of thiocarbonyl (C=S) groups is 1. The minimum Gasteiger partial charge on any atom is -0.474 e. The summed E-state index contributed by atoms with van der Waals surface area (Å²) in [6.07, 6.45) is 3.48. The molecule has 11 heteroatoms. The Bertz CT molecular complexity index is 912. The average molecular weight is 448 g/mol. The molecule has 1 aromatic carbocycles. The zero-order chi connectivity index (χ0) is 21.8. The highest BCUT2D eigenvalue weighted by atomic mass is 32.1. The Kier molecular flexibility index (Phi) is 6.62. The van der Waals surface area contributed by atoms with E-state index in [-0.39, 0.29) is 22.9 Å². The molecule has 2 atom stereocenters. The Morgan fingerprint density at radius 3 is 2.77 bits per heavy atom. The Morgan fingerprint density at radius 1 is 1.35 bits per heavy atom. The van der Waals surface area contributed by atoms with Gasteiger partial charge in [-0.1, -0.05) is 6.07 Å². The van der Waals surface area contributed by atoms with Crippen molar-refractivity contribution in [3.05, 3.63) is 41.5 Å². The number of H-pyrrole nitrogens is 1. The zero-order valence-corrected chi connectivity index (χ0v) is 18.1. The topological polar surface area (TPSA) is 98.4 Å². The number of ether oxygens (including phenoxy) is 1. The highest BCUT2D eigenvalue weighted by Crippen LogP contribution is 2.27. The van der Waals surface area contributed by atoms with E-state index in [0.29, 0.717) is 43.1 Å². The standard InChI is InChI=1S/C20H26FN7O2S/c1-30-20(31)24-18(16-12-23-26-25-16)13-4-5-17(14(21)11-13)27-7-9-28(10-8-27)19(29)15-3-2-6-22-15/h4-5,11-12,15,18,22H,2-3,6-10H2,1H3,(H,24,31)(H,23,25,26)/t15-,18?/m0/s1. The molecule has 2 saturated heterocycles. The summed E-state index contributed by atoms with van der Waals surface area (Å²) in [6, 6.07) is 4.50. The molecule has 0 aliphatic carbocycles. The fourth-order valence-electron chi connectivity index (χ4n) is 4.10. The number of rotatable bonds is 5. The van der Waals surface area contributed by atoms with Gasteiger partial charge in [0.15, 0.2) is 0 Å². The quantitative estimate of drug-likeness (QED) is 0.583. The lowest BCUT2D eigenvalue weighted by molar-refractivity contribution is -0.133. The number of hydrogen-bond donors (Lipinski definition) is 3. The molecule has 1 aromatic heterocycles. The third-order valence-electron chi connectivity index (χ3n) is 5.77. The molecule has 1 unspecified atom stereocenters. The van der Waals surface area contributed by atoms with Crippen LogP contribution in [0.25, 0.3) is 0 Å². The number of aromatic amines is 1. The molecular weight excluding hydrogens is 421 g/mol. The van der Waals surface area contributed by atoms with E-state index in [1.807, 2.05) is 15.9 Å². The van der Waals surface area contributed by atoms with Gasteiger partial charge < -0.3 is 25.2 Å². The van der Waals surface area contributed by atoms with Crippen molar-refractivity contribution >= 4 is 29.0 Å². The van der Waals surface area contributed by atoms with Crippen LogP contribution in [0.1, 0.15) is 30.1 Å². The molecule has 31 heavy (non-hydrogen) atoms. The maximum atomic E-state index is 15.1. The summed E-state index contributed by atoms with van der Waals surface area (Å²) in [5.41, 5.74) is 1.73. The summed E-state index contributed by atoms with van der Waals surface area (Å²) in [6.45, 7) is 3.25. The number of anilines is 1. The Balaban J connectivity index is 1.45. The molecule has 3 N–H and O–H groups in total. The second-order valence-corrected chi connectivity index (χ2v) is 8.01. The largest absolute Gasteiger partial charge is 0.474 e. The number of methoxy groups -OCH3 is 1. The van der Waals surface area contributed by atoms with Crippen molar-refractivity contribution in [1.82, 2.24) is 30.9 Å². The van der Waals surface area contributed by atoms with Gasteiger partial charge in [-0.05, 0) is 49.3 Å². The normalized spacial score (nSPS) is 19.9. The fraction of sp³-hybridized carbons (Fsp3) is 0.500. The molecule has 166 valence electrons. The number of aromatic nitrogens is 3. The Morgan fingerprint density at radius 2 is 2.16 bits per heavy atom. The van der Waals surface area contributed by atoms with Gasteiger partial charge in [0.2, 0.25) is 5.91 Å².